The second-order valence-electron chi connectivity index (χ2n) is 7.27. The molecule has 0 amide bonds. The van der Waals surface area contributed by atoms with Crippen molar-refractivity contribution < 1.29 is 14.4 Å². The summed E-state index contributed by atoms with van der Waals surface area (Å²) in [5.74, 6) is 1.06. The molecule has 33 heavy (non-hydrogen) atoms. The van der Waals surface area contributed by atoms with Gasteiger partial charge in [0.1, 0.15) is 6.61 Å². The Morgan fingerprint density at radius 2 is 1.94 bits per heavy atom. The van der Waals surface area contributed by atoms with E-state index in [4.69, 9.17) is 9.47 Å². The lowest BCUT2D eigenvalue weighted by molar-refractivity contribution is -0.384. The Morgan fingerprint density at radius 3 is 2.67 bits per heavy atom. The van der Waals surface area contributed by atoms with E-state index in [2.05, 4.69) is 11.1 Å². The van der Waals surface area contributed by atoms with E-state index in [0.717, 1.165) is 22.2 Å². The maximum atomic E-state index is 10.8. The molecule has 0 aliphatic rings. The number of methoxy groups -OCH3 is 1. The summed E-state index contributed by atoms with van der Waals surface area (Å²) in [5.41, 5.74) is 4.04. The molecular formula is C25H20N4O4. The molecule has 0 radical (unpaired) electrons. The van der Waals surface area contributed by atoms with Crippen molar-refractivity contribution in [3.05, 3.63) is 99.9 Å². The number of hydrogen-bond donors (Lipinski definition) is 0. The quantitative estimate of drug-likeness (QED) is 0.213. The molecule has 8 heteroatoms. The second-order valence-corrected chi connectivity index (χ2v) is 7.27. The number of rotatable bonds is 8. The lowest BCUT2D eigenvalue weighted by atomic mass is 10.1. The highest BCUT2D eigenvalue weighted by Crippen LogP contribution is 2.30. The molecule has 164 valence electrons. The summed E-state index contributed by atoms with van der Waals surface area (Å²) in [6.07, 6.45) is 3.53. The molecule has 3 aromatic carbocycles. The molecule has 4 aromatic rings. The van der Waals surface area contributed by atoms with E-state index in [1.54, 1.807) is 43.8 Å². The molecule has 0 unspecified atom stereocenters. The number of fused-ring (bicyclic) bond motifs is 1. The van der Waals surface area contributed by atoms with Gasteiger partial charge in [-0.2, -0.15) is 5.26 Å². The van der Waals surface area contributed by atoms with Gasteiger partial charge < -0.3 is 14.0 Å². The largest absolute Gasteiger partial charge is 0.493 e. The third kappa shape index (κ3) is 4.99. The predicted molar refractivity (Wildman–Crippen MR) is 124 cm³/mol. The number of allylic oxidation sites excluding steroid dienone is 1. The van der Waals surface area contributed by atoms with Crippen LogP contribution in [0.15, 0.2) is 78.6 Å². The minimum atomic E-state index is -0.440. The van der Waals surface area contributed by atoms with Crippen LogP contribution in [0, 0.1) is 21.4 Å². The van der Waals surface area contributed by atoms with Crippen LogP contribution < -0.4 is 9.47 Å². The predicted octanol–water partition coefficient (Wildman–Crippen LogP) is 5.14. The van der Waals surface area contributed by atoms with Gasteiger partial charge in [-0.3, -0.25) is 10.1 Å². The van der Waals surface area contributed by atoms with E-state index in [1.807, 2.05) is 34.9 Å². The fourth-order valence-corrected chi connectivity index (χ4v) is 3.40. The van der Waals surface area contributed by atoms with Crippen LogP contribution in [0.2, 0.25) is 0 Å². The summed E-state index contributed by atoms with van der Waals surface area (Å²) >= 11 is 0. The molecule has 1 heterocycles. The lowest BCUT2D eigenvalue weighted by Gasteiger charge is -2.12. The molecule has 0 saturated carbocycles. The zero-order chi connectivity index (χ0) is 23.2. The molecular weight excluding hydrogens is 420 g/mol. The van der Waals surface area contributed by atoms with Crippen LogP contribution >= 0.6 is 0 Å². The monoisotopic (exact) mass is 440 g/mol. The number of nitrogens with zero attached hydrogens (tertiary/aromatic N) is 4. The smallest absolute Gasteiger partial charge is 0.269 e. The van der Waals surface area contributed by atoms with Crippen LogP contribution in [-0.4, -0.2) is 21.6 Å². The molecule has 0 aliphatic heterocycles. The first kappa shape index (κ1) is 21.6. The summed E-state index contributed by atoms with van der Waals surface area (Å²) in [6.45, 7) is 0.637. The highest BCUT2D eigenvalue weighted by Gasteiger charge is 2.09. The van der Waals surface area contributed by atoms with Crippen molar-refractivity contribution in [2.45, 2.75) is 13.2 Å². The molecule has 0 N–H and O–H groups in total. The highest BCUT2D eigenvalue weighted by atomic mass is 16.6. The zero-order valence-electron chi connectivity index (χ0n) is 17.8. The zero-order valence-corrected chi connectivity index (χ0v) is 17.8. The van der Waals surface area contributed by atoms with E-state index in [9.17, 15) is 15.4 Å². The number of hydrogen-bond acceptors (Lipinski definition) is 6. The maximum Gasteiger partial charge on any atom is 0.269 e. The summed E-state index contributed by atoms with van der Waals surface area (Å²) in [6, 6.07) is 21.6. The van der Waals surface area contributed by atoms with Gasteiger partial charge in [0, 0.05) is 17.7 Å². The van der Waals surface area contributed by atoms with Crippen molar-refractivity contribution in [1.29, 1.82) is 5.26 Å². The second kappa shape index (κ2) is 9.66. The Kier molecular flexibility index (Phi) is 6.32. The third-order valence-electron chi connectivity index (χ3n) is 5.08. The van der Waals surface area contributed by atoms with Crippen molar-refractivity contribution >= 4 is 22.8 Å². The molecule has 8 nitrogen and oxygen atoms in total. The Balaban J connectivity index is 1.49. The first-order valence-corrected chi connectivity index (χ1v) is 10.1. The van der Waals surface area contributed by atoms with Crippen LogP contribution in [0.3, 0.4) is 0 Å². The van der Waals surface area contributed by atoms with E-state index >= 15 is 0 Å². The van der Waals surface area contributed by atoms with Crippen LogP contribution in [0.4, 0.5) is 5.69 Å². The Bertz CT molecular complexity index is 1370. The Hall–Kier alpha value is -4.64. The molecule has 0 saturated heterocycles. The first-order valence-electron chi connectivity index (χ1n) is 10.1. The van der Waals surface area contributed by atoms with Crippen molar-refractivity contribution in [3.63, 3.8) is 0 Å². The highest BCUT2D eigenvalue weighted by molar-refractivity contribution is 5.75. The van der Waals surface area contributed by atoms with Gasteiger partial charge in [0.2, 0.25) is 0 Å². The lowest BCUT2D eigenvalue weighted by Crippen LogP contribution is -1.99. The molecule has 0 fully saturated rings. The van der Waals surface area contributed by atoms with Crippen LogP contribution in [0.1, 0.15) is 11.1 Å². The van der Waals surface area contributed by atoms with E-state index in [1.165, 1.54) is 12.1 Å². The molecule has 1 aromatic heterocycles. The summed E-state index contributed by atoms with van der Waals surface area (Å²) in [4.78, 5) is 14.7. The van der Waals surface area contributed by atoms with E-state index in [-0.39, 0.29) is 12.3 Å². The SMILES string of the molecule is COc1cc(/C=C(/C#N)Cn2cnc3ccccc32)ccc1OCc1ccc([N+](=O)[O-])cc1. The number of benzene rings is 3. The fraction of sp³-hybridized carbons (Fsp3) is 0.120. The Labute approximate surface area is 190 Å². The van der Waals surface area contributed by atoms with Gasteiger partial charge in [-0.15, -0.1) is 0 Å². The van der Waals surface area contributed by atoms with Crippen LogP contribution in [0.25, 0.3) is 17.1 Å². The van der Waals surface area contributed by atoms with Gasteiger partial charge in [-0.25, -0.2) is 4.98 Å². The summed E-state index contributed by atoms with van der Waals surface area (Å²) in [5, 5.41) is 20.4. The Morgan fingerprint density at radius 1 is 1.15 bits per heavy atom. The van der Waals surface area contributed by atoms with Crippen LogP contribution in [0.5, 0.6) is 11.5 Å². The fourth-order valence-electron chi connectivity index (χ4n) is 3.40. The number of aromatic nitrogens is 2. The van der Waals surface area contributed by atoms with Gasteiger partial charge in [0.05, 0.1) is 42.0 Å². The minimum absolute atomic E-state index is 0.0319. The maximum absolute atomic E-state index is 10.8. The number of ether oxygens (including phenoxy) is 2. The molecule has 4 rings (SSSR count). The average molecular weight is 440 g/mol. The van der Waals surface area contributed by atoms with E-state index < -0.39 is 4.92 Å². The molecule has 0 bridgehead atoms. The van der Waals surface area contributed by atoms with Gasteiger partial charge in [0.15, 0.2) is 11.5 Å². The number of imidazole rings is 1. The number of nitro groups is 1. The first-order chi connectivity index (χ1) is 16.1. The van der Waals surface area contributed by atoms with Crippen molar-refractivity contribution in [3.8, 4) is 17.6 Å². The number of para-hydroxylation sites is 2. The van der Waals surface area contributed by atoms with E-state index in [0.29, 0.717) is 23.6 Å². The van der Waals surface area contributed by atoms with Crippen molar-refractivity contribution in [1.82, 2.24) is 9.55 Å². The van der Waals surface area contributed by atoms with Crippen molar-refractivity contribution in [2.75, 3.05) is 7.11 Å². The topological polar surface area (TPSA) is 103 Å². The molecule has 0 atom stereocenters. The number of nitriles is 1. The summed E-state index contributed by atoms with van der Waals surface area (Å²) in [7, 11) is 1.55. The van der Waals surface area contributed by atoms with Crippen LogP contribution in [-0.2, 0) is 13.2 Å². The van der Waals surface area contributed by atoms with Crippen molar-refractivity contribution in [2.24, 2.45) is 0 Å². The normalized spacial score (nSPS) is 11.2. The summed E-state index contributed by atoms with van der Waals surface area (Å²) < 4.78 is 13.2. The standard InChI is InChI=1S/C25H20N4O4/c1-32-25-13-19(8-11-24(25)33-16-18-6-9-21(10-7-18)29(30)31)12-20(14-26)15-28-17-27-22-4-2-3-5-23(22)28/h2-13,17H,15-16H2,1H3/b20-12-. The van der Waals surface area contributed by atoms with Gasteiger partial charge in [0.25, 0.3) is 5.69 Å². The third-order valence-corrected chi connectivity index (χ3v) is 5.08. The number of nitro benzene ring substituents is 1. The minimum Gasteiger partial charge on any atom is -0.493 e. The number of non-ortho nitro benzene ring substituents is 1. The van der Waals surface area contributed by atoms with Gasteiger partial charge in [-0.05, 0) is 53.6 Å². The molecule has 0 spiro atoms. The molecule has 0 aliphatic carbocycles. The van der Waals surface area contributed by atoms with Gasteiger partial charge >= 0.3 is 0 Å². The van der Waals surface area contributed by atoms with Gasteiger partial charge in [-0.1, -0.05) is 18.2 Å². The average Bonchev–Trinajstić information content (AvgIpc) is 3.25.